The smallest absolute Gasteiger partial charge is 0.363 e. The lowest BCUT2D eigenvalue weighted by Crippen LogP contribution is -2.40. The fourth-order valence-corrected chi connectivity index (χ4v) is 2.19. The van der Waals surface area contributed by atoms with Crippen molar-refractivity contribution in [2.45, 2.75) is 39.8 Å². The van der Waals surface area contributed by atoms with Gasteiger partial charge in [-0.3, -0.25) is 9.59 Å². The third kappa shape index (κ3) is 4.53. The van der Waals surface area contributed by atoms with Crippen LogP contribution in [0.1, 0.15) is 37.0 Å². The summed E-state index contributed by atoms with van der Waals surface area (Å²) >= 11 is 0. The molecule has 7 heteroatoms. The summed E-state index contributed by atoms with van der Waals surface area (Å²) in [6.07, 6.45) is -1.03. The van der Waals surface area contributed by atoms with Gasteiger partial charge in [-0.1, -0.05) is 18.2 Å². The lowest BCUT2D eigenvalue weighted by Gasteiger charge is -2.15. The predicted octanol–water partition coefficient (Wildman–Crippen LogP) is 1.61. The number of nitrogens with zero attached hydrogens (tertiary/aromatic N) is 2. The molecule has 1 aromatic heterocycles. The molecule has 1 amide bonds. The van der Waals surface area contributed by atoms with Crippen molar-refractivity contribution in [1.82, 2.24) is 15.1 Å². The van der Waals surface area contributed by atoms with E-state index < -0.39 is 23.4 Å². The van der Waals surface area contributed by atoms with Crippen molar-refractivity contribution < 1.29 is 14.3 Å². The van der Waals surface area contributed by atoms with Gasteiger partial charge >= 0.3 is 5.97 Å². The SMILES string of the molecule is Cc1cc(=O)c(C(=O)O[C@@H](C)C(=O)NC(C)C)nn1-c1ccccc1. The minimum absolute atomic E-state index is 0.0820. The second-order valence-corrected chi connectivity index (χ2v) is 5.96. The van der Waals surface area contributed by atoms with Gasteiger partial charge in [0.2, 0.25) is 11.1 Å². The summed E-state index contributed by atoms with van der Waals surface area (Å²) in [5.41, 5.74) is 0.378. The first-order chi connectivity index (χ1) is 11.8. The second-order valence-electron chi connectivity index (χ2n) is 5.96. The van der Waals surface area contributed by atoms with Crippen LogP contribution in [-0.2, 0) is 9.53 Å². The first-order valence-electron chi connectivity index (χ1n) is 7.97. The number of ether oxygens (including phenoxy) is 1. The Bertz CT molecular complexity index is 828. The topological polar surface area (TPSA) is 90.3 Å². The molecular formula is C18H21N3O4. The average molecular weight is 343 g/mol. The lowest BCUT2D eigenvalue weighted by atomic mass is 10.2. The Labute approximate surface area is 145 Å². The number of rotatable bonds is 5. The van der Waals surface area contributed by atoms with Crippen LogP contribution in [0.5, 0.6) is 0 Å². The highest BCUT2D eigenvalue weighted by Crippen LogP contribution is 2.08. The number of aryl methyl sites for hydroxylation is 1. The van der Waals surface area contributed by atoms with Gasteiger partial charge in [-0.2, -0.15) is 5.10 Å². The molecule has 0 radical (unpaired) electrons. The Morgan fingerprint density at radius 2 is 1.80 bits per heavy atom. The maximum atomic E-state index is 12.3. The molecule has 132 valence electrons. The molecule has 1 aromatic carbocycles. The Kier molecular flexibility index (Phi) is 5.69. The number of nitrogens with one attached hydrogen (secondary N) is 1. The van der Waals surface area contributed by atoms with Crippen LogP contribution in [0, 0.1) is 6.92 Å². The molecule has 7 nitrogen and oxygen atoms in total. The zero-order chi connectivity index (χ0) is 18.6. The molecule has 0 unspecified atom stereocenters. The highest BCUT2D eigenvalue weighted by atomic mass is 16.5. The summed E-state index contributed by atoms with van der Waals surface area (Å²) < 4.78 is 6.57. The van der Waals surface area contributed by atoms with Crippen molar-refractivity contribution in [3.63, 3.8) is 0 Å². The number of esters is 1. The molecule has 1 atom stereocenters. The van der Waals surface area contributed by atoms with Gasteiger partial charge in [0.15, 0.2) is 6.10 Å². The fourth-order valence-electron chi connectivity index (χ4n) is 2.19. The number of hydrogen-bond donors (Lipinski definition) is 1. The minimum atomic E-state index is -1.03. The van der Waals surface area contributed by atoms with Gasteiger partial charge in [-0.15, -0.1) is 0 Å². The van der Waals surface area contributed by atoms with E-state index in [4.69, 9.17) is 4.74 Å². The summed E-state index contributed by atoms with van der Waals surface area (Å²) in [6.45, 7) is 6.76. The van der Waals surface area contributed by atoms with Crippen molar-refractivity contribution in [2.75, 3.05) is 0 Å². The van der Waals surface area contributed by atoms with E-state index in [-0.39, 0.29) is 11.7 Å². The standard InChI is InChI=1S/C18H21N3O4/c1-11(2)19-17(23)13(4)25-18(24)16-15(22)10-12(3)21(20-16)14-8-6-5-7-9-14/h5-11,13H,1-4H3,(H,19,23)/t13-/m0/s1. The second kappa shape index (κ2) is 7.74. The highest BCUT2D eigenvalue weighted by Gasteiger charge is 2.23. The van der Waals surface area contributed by atoms with Crippen LogP contribution in [0.25, 0.3) is 5.69 Å². The Hall–Kier alpha value is -2.96. The highest BCUT2D eigenvalue weighted by molar-refractivity contribution is 5.90. The summed E-state index contributed by atoms with van der Waals surface area (Å²) in [6, 6.07) is 10.3. The number of amides is 1. The van der Waals surface area contributed by atoms with E-state index >= 15 is 0 Å². The maximum Gasteiger partial charge on any atom is 0.363 e. The van der Waals surface area contributed by atoms with Crippen molar-refractivity contribution in [1.29, 1.82) is 0 Å². The molecule has 2 aromatic rings. The molecule has 2 rings (SSSR count). The van der Waals surface area contributed by atoms with Gasteiger partial charge in [0.05, 0.1) is 5.69 Å². The maximum absolute atomic E-state index is 12.3. The molecule has 0 aliphatic carbocycles. The third-order valence-electron chi connectivity index (χ3n) is 3.39. The number of aromatic nitrogens is 2. The van der Waals surface area contributed by atoms with Gasteiger partial charge in [0.25, 0.3) is 5.91 Å². The zero-order valence-electron chi connectivity index (χ0n) is 14.6. The largest absolute Gasteiger partial charge is 0.448 e. The van der Waals surface area contributed by atoms with Crippen LogP contribution in [0.15, 0.2) is 41.2 Å². The van der Waals surface area contributed by atoms with Crippen LogP contribution < -0.4 is 10.7 Å². The Morgan fingerprint density at radius 1 is 1.16 bits per heavy atom. The van der Waals surface area contributed by atoms with E-state index in [0.717, 1.165) is 0 Å². The first-order valence-corrected chi connectivity index (χ1v) is 7.97. The number of para-hydroxylation sites is 1. The van der Waals surface area contributed by atoms with Crippen LogP contribution >= 0.6 is 0 Å². The molecular weight excluding hydrogens is 322 g/mol. The van der Waals surface area contributed by atoms with Gasteiger partial charge in [-0.05, 0) is 39.8 Å². The van der Waals surface area contributed by atoms with Crippen molar-refractivity contribution in [2.24, 2.45) is 0 Å². The van der Waals surface area contributed by atoms with E-state index in [9.17, 15) is 14.4 Å². The molecule has 1 N–H and O–H groups in total. The molecule has 1 heterocycles. The molecule has 0 saturated heterocycles. The van der Waals surface area contributed by atoms with Gasteiger partial charge in [-0.25, -0.2) is 9.48 Å². The number of hydrogen-bond acceptors (Lipinski definition) is 5. The first kappa shape index (κ1) is 18.4. The van der Waals surface area contributed by atoms with Crippen LogP contribution in [-0.4, -0.2) is 33.8 Å². The predicted molar refractivity (Wildman–Crippen MR) is 92.7 cm³/mol. The summed E-state index contributed by atoms with van der Waals surface area (Å²) in [5, 5.41) is 6.75. The molecule has 0 bridgehead atoms. The molecule has 25 heavy (non-hydrogen) atoms. The molecule has 0 aliphatic heterocycles. The quantitative estimate of drug-likeness (QED) is 0.833. The van der Waals surface area contributed by atoms with E-state index in [0.29, 0.717) is 11.4 Å². The van der Waals surface area contributed by atoms with Gasteiger partial charge < -0.3 is 10.1 Å². The number of benzene rings is 1. The van der Waals surface area contributed by atoms with Gasteiger partial charge in [0.1, 0.15) is 0 Å². The normalized spacial score (nSPS) is 11.9. The van der Waals surface area contributed by atoms with Crippen LogP contribution in [0.4, 0.5) is 0 Å². The summed E-state index contributed by atoms with van der Waals surface area (Å²) in [4.78, 5) is 36.3. The summed E-state index contributed by atoms with van der Waals surface area (Å²) in [5.74, 6) is -1.36. The number of carbonyl (C=O) groups excluding carboxylic acids is 2. The molecule has 0 spiro atoms. The fraction of sp³-hybridized carbons (Fsp3) is 0.333. The van der Waals surface area contributed by atoms with E-state index in [2.05, 4.69) is 10.4 Å². The van der Waals surface area contributed by atoms with Crippen LogP contribution in [0.3, 0.4) is 0 Å². The van der Waals surface area contributed by atoms with Crippen molar-refractivity contribution in [3.05, 3.63) is 58.0 Å². The number of carbonyl (C=O) groups is 2. The zero-order valence-corrected chi connectivity index (χ0v) is 14.6. The molecule has 0 aliphatic rings. The van der Waals surface area contributed by atoms with Crippen molar-refractivity contribution in [3.8, 4) is 5.69 Å². The van der Waals surface area contributed by atoms with Crippen molar-refractivity contribution >= 4 is 11.9 Å². The van der Waals surface area contributed by atoms with Crippen LogP contribution in [0.2, 0.25) is 0 Å². The molecule has 0 saturated carbocycles. The third-order valence-corrected chi connectivity index (χ3v) is 3.39. The Morgan fingerprint density at radius 3 is 2.40 bits per heavy atom. The van der Waals surface area contributed by atoms with E-state index in [1.54, 1.807) is 32.9 Å². The lowest BCUT2D eigenvalue weighted by molar-refractivity contribution is -0.129. The van der Waals surface area contributed by atoms with Gasteiger partial charge in [0, 0.05) is 17.8 Å². The summed E-state index contributed by atoms with van der Waals surface area (Å²) in [7, 11) is 0. The average Bonchev–Trinajstić information content (AvgIpc) is 2.54. The van der Waals surface area contributed by atoms with E-state index in [1.807, 2.05) is 18.2 Å². The molecule has 0 fully saturated rings. The minimum Gasteiger partial charge on any atom is -0.448 e. The Balaban J connectivity index is 2.28. The van der Waals surface area contributed by atoms with E-state index in [1.165, 1.54) is 17.7 Å². The monoisotopic (exact) mass is 343 g/mol.